The second-order valence-electron chi connectivity index (χ2n) is 25.7. The third-order valence-corrected chi connectivity index (χ3v) is 19.0. The van der Waals surface area contributed by atoms with Crippen molar-refractivity contribution < 1.29 is 113 Å². The Bertz CT molecular complexity index is 4080. The third kappa shape index (κ3) is 16.0. The number of ether oxygens (including phenoxy) is 6. The highest BCUT2D eigenvalue weighted by Crippen LogP contribution is 2.50. The molecule has 20 N–H and O–H groups in total. The summed E-state index contributed by atoms with van der Waals surface area (Å²) < 4.78 is 38.8. The van der Waals surface area contributed by atoms with Crippen molar-refractivity contribution in [3.8, 4) is 57.1 Å². The molecule has 35 heteroatoms. The highest BCUT2D eigenvalue weighted by molar-refractivity contribution is 9.09. The number of aliphatic hydroxyl groups excluding tert-OH is 5. The molecule has 0 spiro atoms. The first-order valence-electron chi connectivity index (χ1n) is 31.6. The topological polar surface area (TPSA) is 510 Å². The van der Waals surface area contributed by atoms with Crippen LogP contribution in [0.2, 0.25) is 10.0 Å². The van der Waals surface area contributed by atoms with E-state index in [4.69, 9.17) is 63.1 Å². The lowest BCUT2D eigenvalue weighted by molar-refractivity contribution is -0.329. The van der Waals surface area contributed by atoms with Gasteiger partial charge < -0.3 is 123 Å². The number of phenols is 3. The number of alkyl halides is 1. The number of aromatic hydroxyl groups is 3. The number of primary amides is 1. The van der Waals surface area contributed by atoms with Crippen molar-refractivity contribution in [3.05, 3.63) is 117 Å². The van der Waals surface area contributed by atoms with Gasteiger partial charge in [-0.25, -0.2) is 4.79 Å². The lowest BCUT2D eigenvalue weighted by Gasteiger charge is -2.47. The number of benzene rings is 5. The molecule has 7 aliphatic rings. The number of hydrogen-bond donors (Lipinski definition) is 18. The highest BCUT2D eigenvalue weighted by atomic mass is 79.9. The predicted octanol–water partition coefficient (Wildman–Crippen LogP) is 1.51. The minimum absolute atomic E-state index is 0.0894. The fraction of sp³-hybridized carbons (Fsp3) is 0.424. The highest BCUT2D eigenvalue weighted by Gasteiger charge is 2.51. The standard InChI is InChI=1S/C66H74BrCl2N9O23/c1-23(2)12-34(72-5)58(88)77-49-51(83)26-7-10-38(32(68)14-26)97-40-16-28-17-41(55(40)101-65-56(54(86)53(85)42(22-67)99-65)100-44-21-66(4,71)57(87)24(3)96-44)98-39-11-8-27(15-33(39)69)52(84)50-63(93)76-48(64(94)95)31-18-29(79)19-37(81)45(31)30-13-25(6-9-36(30)80)46(60(90)78-50)75-61(91)47(28)74-59(89)35(20-43(70)82)73-62(49)92/h6-11,13-19,23-24,34-35,42,44,46-54,56-57,65,72,79-81,83-87H,12,20-22,71H2,1-5H3,(H2,70,82)(H,73,92)(H,74,89)(H,75,91)(H,76,93)(H,77,88)(H,78,90)(H,94,95)/t24-,34+,35-,42+,44-,46+,47+,48-,49+,50-,51+,52+,53+,54-,56+,57+,65-,66-/m0/s1. The number of carboxylic acid groups (broad SMARTS) is 1. The van der Waals surface area contributed by atoms with Gasteiger partial charge in [0.25, 0.3) is 0 Å². The first kappa shape index (κ1) is 75.0. The summed E-state index contributed by atoms with van der Waals surface area (Å²) in [6.45, 7) is 6.70. The van der Waals surface area contributed by atoms with Crippen molar-refractivity contribution in [1.82, 2.24) is 37.2 Å². The largest absolute Gasteiger partial charge is 0.508 e. The second-order valence-corrected chi connectivity index (χ2v) is 27.1. The molecule has 12 rings (SSSR count). The maximum Gasteiger partial charge on any atom is 0.330 e. The SMILES string of the molecule is CN[C@H](CC(C)C)C(=O)N[C@H]1C(=O)N[C@@H](CC(N)=O)C(=O)N[C@H]2C(=O)N[C@H]3C(=O)N[C@H](C(=O)N[C@H](C(=O)O)c4cc(O)cc(O)c4-c4cc3ccc4O)[C@H](O)c3ccc(c(Cl)c3)Oc3cc2cc(c3O[C@@H]2O[C@H](CBr)[C@@H](O)[C@H](O)[C@H]2O[C@H]2C[C@](C)(N)[C@H](O)[C@H](C)O2)Oc2ccc(cc2Cl)[C@H]1O. The van der Waals surface area contributed by atoms with Gasteiger partial charge in [-0.1, -0.05) is 71.2 Å². The fourth-order valence-corrected chi connectivity index (χ4v) is 13.5. The first-order chi connectivity index (χ1) is 47.7. The quantitative estimate of drug-likeness (QED) is 0.0743. The van der Waals surface area contributed by atoms with Crippen LogP contribution >= 0.6 is 39.1 Å². The van der Waals surface area contributed by atoms with Gasteiger partial charge in [0, 0.05) is 40.0 Å². The van der Waals surface area contributed by atoms with E-state index in [1.807, 2.05) is 13.8 Å². The van der Waals surface area contributed by atoms with Crippen LogP contribution in [0.1, 0.15) is 105 Å². The fourth-order valence-electron chi connectivity index (χ4n) is 12.5. The molecule has 5 aromatic rings. The molecule has 0 aromatic heterocycles. The van der Waals surface area contributed by atoms with E-state index in [2.05, 4.69) is 53.1 Å². The molecule has 7 heterocycles. The number of phenolic OH excluding ortho intramolecular Hbond substituents is 3. The van der Waals surface area contributed by atoms with Gasteiger partial charge in [0.1, 0.15) is 89.5 Å². The number of amides is 7. The van der Waals surface area contributed by atoms with E-state index in [-0.39, 0.29) is 57.3 Å². The Balaban J connectivity index is 1.24. The molecule has 0 unspecified atom stereocenters. The average Bonchev–Trinajstić information content (AvgIpc) is 0.775. The van der Waals surface area contributed by atoms with Gasteiger partial charge in [-0.2, -0.15) is 0 Å². The summed E-state index contributed by atoms with van der Waals surface area (Å²) in [6.07, 6.45) is -17.4. The number of hydrogen-bond acceptors (Lipinski definition) is 24. The zero-order chi connectivity index (χ0) is 73.5. The molecule has 2 fully saturated rings. The molecule has 101 heavy (non-hydrogen) atoms. The molecular weight excluding hydrogens is 1440 g/mol. The number of rotatable bonds is 13. The molecule has 0 saturated carbocycles. The lowest BCUT2D eigenvalue weighted by atomic mass is 9.86. The van der Waals surface area contributed by atoms with E-state index in [0.29, 0.717) is 0 Å². The smallest absolute Gasteiger partial charge is 0.330 e. The molecule has 5 aromatic carbocycles. The van der Waals surface area contributed by atoms with E-state index in [9.17, 15) is 69.9 Å². The minimum atomic E-state index is -2.32. The maximum absolute atomic E-state index is 16.0. The van der Waals surface area contributed by atoms with E-state index in [0.717, 1.165) is 66.7 Å². The monoisotopic (exact) mass is 1510 g/mol. The Morgan fingerprint density at radius 3 is 1.91 bits per heavy atom. The van der Waals surface area contributed by atoms with Gasteiger partial charge >= 0.3 is 5.97 Å². The molecule has 2 saturated heterocycles. The Morgan fingerprint density at radius 2 is 1.33 bits per heavy atom. The number of halogens is 3. The predicted molar refractivity (Wildman–Crippen MR) is 356 cm³/mol. The molecule has 11 bridgehead atoms. The van der Waals surface area contributed by atoms with Crippen LogP contribution in [0.5, 0.6) is 46.0 Å². The molecule has 542 valence electrons. The van der Waals surface area contributed by atoms with Crippen molar-refractivity contribution in [2.75, 3.05) is 12.4 Å². The summed E-state index contributed by atoms with van der Waals surface area (Å²) in [5.74, 6) is -15.6. The van der Waals surface area contributed by atoms with Crippen LogP contribution in [0, 0.1) is 5.92 Å². The molecule has 0 aliphatic carbocycles. The van der Waals surface area contributed by atoms with Crippen molar-refractivity contribution in [2.45, 2.75) is 156 Å². The third-order valence-electron chi connectivity index (χ3n) is 17.7. The summed E-state index contributed by atoms with van der Waals surface area (Å²) in [6, 6.07) is -0.293. The van der Waals surface area contributed by atoms with E-state index < -0.39 is 225 Å². The first-order valence-corrected chi connectivity index (χ1v) is 33.4. The summed E-state index contributed by atoms with van der Waals surface area (Å²) in [5.41, 5.74) is 8.19. The molecule has 32 nitrogen and oxygen atoms in total. The van der Waals surface area contributed by atoms with Crippen molar-refractivity contribution >= 4 is 86.5 Å². The number of nitrogens with two attached hydrogens (primary N) is 2. The average molecular weight is 1510 g/mol. The Morgan fingerprint density at radius 1 is 0.723 bits per heavy atom. The van der Waals surface area contributed by atoms with E-state index >= 15 is 14.4 Å². The van der Waals surface area contributed by atoms with Gasteiger partial charge in [-0.3, -0.25) is 33.6 Å². The van der Waals surface area contributed by atoms with Crippen LogP contribution in [-0.4, -0.2) is 185 Å². The van der Waals surface area contributed by atoms with Crippen LogP contribution in [0.3, 0.4) is 0 Å². The molecule has 7 aliphatic heterocycles. The minimum Gasteiger partial charge on any atom is -0.508 e. The number of carboxylic acids is 1. The van der Waals surface area contributed by atoms with Crippen molar-refractivity contribution in [1.29, 1.82) is 0 Å². The number of nitrogens with one attached hydrogen (secondary N) is 7. The number of fused-ring (bicyclic) bond motifs is 15. The molecule has 7 amide bonds. The zero-order valence-electron chi connectivity index (χ0n) is 54.3. The van der Waals surface area contributed by atoms with Crippen LogP contribution in [0.4, 0.5) is 0 Å². The van der Waals surface area contributed by atoms with Gasteiger partial charge in [0.2, 0.25) is 53.4 Å². The molecule has 0 radical (unpaired) electrons. The van der Waals surface area contributed by atoms with Crippen LogP contribution in [0.15, 0.2) is 78.9 Å². The second kappa shape index (κ2) is 30.5. The summed E-state index contributed by atoms with van der Waals surface area (Å²) in [7, 11) is 1.48. The Hall–Kier alpha value is -8.68. The maximum atomic E-state index is 16.0. The number of aliphatic carboxylic acids is 1. The van der Waals surface area contributed by atoms with Gasteiger partial charge in [-0.05, 0) is 110 Å². The molecular formula is C66H74BrCl2N9O23. The van der Waals surface area contributed by atoms with Crippen LogP contribution in [-0.2, 0) is 52.6 Å². The van der Waals surface area contributed by atoms with Crippen LogP contribution < -0.4 is 62.9 Å². The van der Waals surface area contributed by atoms with E-state index in [1.165, 1.54) is 33.0 Å². The number of aliphatic hydroxyl groups is 5. The summed E-state index contributed by atoms with van der Waals surface area (Å²) in [4.78, 5) is 117. The number of likely N-dealkylation sites (N-methyl/N-ethyl adjacent to an activating group) is 1. The van der Waals surface area contributed by atoms with Gasteiger partial charge in [-0.15, -0.1) is 0 Å². The number of carbonyl (C=O) groups excluding carboxylic acids is 7. The zero-order valence-corrected chi connectivity index (χ0v) is 57.4. The Kier molecular flexibility index (Phi) is 22.6. The summed E-state index contributed by atoms with van der Waals surface area (Å²) in [5, 5.41) is 120. The Labute approximate surface area is 593 Å². The normalized spacial score (nSPS) is 29.4. The lowest BCUT2D eigenvalue weighted by Crippen LogP contribution is -2.64. The van der Waals surface area contributed by atoms with Crippen LogP contribution in [0.25, 0.3) is 11.1 Å². The van der Waals surface area contributed by atoms with Gasteiger partial charge in [0.05, 0.1) is 34.7 Å². The molecule has 18 atom stereocenters. The van der Waals surface area contributed by atoms with Crippen molar-refractivity contribution in [3.63, 3.8) is 0 Å². The van der Waals surface area contributed by atoms with Crippen molar-refractivity contribution in [2.24, 2.45) is 17.4 Å². The number of carbonyl (C=O) groups is 8. The summed E-state index contributed by atoms with van der Waals surface area (Å²) >= 11 is 17.5. The van der Waals surface area contributed by atoms with Gasteiger partial charge in [0.15, 0.2) is 29.9 Å². The van der Waals surface area contributed by atoms with E-state index in [1.54, 1.807) is 0 Å².